The molecule has 0 bridgehead atoms. The molecule has 0 fully saturated rings. The van der Waals surface area contributed by atoms with Gasteiger partial charge in [-0.2, -0.15) is 0 Å². The summed E-state index contributed by atoms with van der Waals surface area (Å²) in [5.74, 6) is 0. The summed E-state index contributed by atoms with van der Waals surface area (Å²) in [7, 11) is 0. The Morgan fingerprint density at radius 1 is 0.529 bits per heavy atom. The first-order valence-electron chi connectivity index (χ1n) is 14.2. The van der Waals surface area contributed by atoms with Crippen LogP contribution in [0.15, 0.2) is 22.9 Å². The van der Waals surface area contributed by atoms with Crippen LogP contribution in [0.3, 0.4) is 0 Å². The standard InChI is InChI=1S/C30H48O2S2/c1-3-5-7-9-11-13-15-17-21-29(31)25-19-23-33-27(25)28-26(20-24-34-28)30(29,32)22-18-16-14-12-10-8-6-4-2/h19-20,23-24,31-32H,3-18,21-22H2,1-2H3. The van der Waals surface area contributed by atoms with E-state index in [4.69, 9.17) is 0 Å². The Kier molecular flexibility index (Phi) is 11.6. The summed E-state index contributed by atoms with van der Waals surface area (Å²) in [5, 5.41) is 28.6. The van der Waals surface area contributed by atoms with Gasteiger partial charge >= 0.3 is 0 Å². The van der Waals surface area contributed by atoms with E-state index in [0.29, 0.717) is 12.8 Å². The maximum absolute atomic E-state index is 12.2. The van der Waals surface area contributed by atoms with Gasteiger partial charge in [0.2, 0.25) is 0 Å². The van der Waals surface area contributed by atoms with Crippen molar-refractivity contribution in [3.63, 3.8) is 0 Å². The Morgan fingerprint density at radius 3 is 1.21 bits per heavy atom. The van der Waals surface area contributed by atoms with Crippen LogP contribution in [0.4, 0.5) is 0 Å². The molecule has 192 valence electrons. The number of rotatable bonds is 18. The number of thiophene rings is 2. The summed E-state index contributed by atoms with van der Waals surface area (Å²) in [5.41, 5.74) is -0.422. The summed E-state index contributed by atoms with van der Waals surface area (Å²) in [6.45, 7) is 4.52. The minimum absolute atomic E-state index is 0.647. The van der Waals surface area contributed by atoms with Crippen LogP contribution in [0.5, 0.6) is 0 Å². The lowest BCUT2D eigenvalue weighted by Crippen LogP contribution is -2.51. The molecule has 2 N–H and O–H groups in total. The van der Waals surface area contributed by atoms with Gasteiger partial charge in [-0.05, 0) is 35.7 Å². The highest BCUT2D eigenvalue weighted by atomic mass is 32.1. The van der Waals surface area contributed by atoms with E-state index >= 15 is 0 Å². The molecule has 2 nitrogen and oxygen atoms in total. The molecule has 4 heteroatoms. The summed E-state index contributed by atoms with van der Waals surface area (Å²) < 4.78 is 0. The molecule has 34 heavy (non-hydrogen) atoms. The van der Waals surface area contributed by atoms with Crippen LogP contribution in [-0.2, 0) is 11.2 Å². The normalized spacial score (nSPS) is 21.5. The molecule has 1 aliphatic carbocycles. The predicted octanol–water partition coefficient (Wildman–Crippen LogP) is 9.93. The molecule has 0 aliphatic heterocycles. The van der Waals surface area contributed by atoms with Crippen LogP contribution in [0.2, 0.25) is 0 Å². The highest BCUT2D eigenvalue weighted by Crippen LogP contribution is 2.58. The molecule has 0 saturated heterocycles. The Balaban J connectivity index is 1.62. The van der Waals surface area contributed by atoms with E-state index in [9.17, 15) is 10.2 Å². The highest BCUT2D eigenvalue weighted by Gasteiger charge is 2.56. The van der Waals surface area contributed by atoms with Crippen LogP contribution in [0, 0.1) is 0 Å². The van der Waals surface area contributed by atoms with Gasteiger partial charge in [0, 0.05) is 11.1 Å². The first kappa shape index (κ1) is 27.9. The number of unbranched alkanes of at least 4 members (excludes halogenated alkanes) is 14. The topological polar surface area (TPSA) is 40.5 Å². The van der Waals surface area contributed by atoms with Crippen molar-refractivity contribution in [2.75, 3.05) is 0 Å². The molecule has 1 aliphatic rings. The third-order valence-electron chi connectivity index (χ3n) is 7.90. The van der Waals surface area contributed by atoms with E-state index in [1.807, 2.05) is 0 Å². The molecule has 0 aromatic carbocycles. The van der Waals surface area contributed by atoms with Crippen molar-refractivity contribution in [3.05, 3.63) is 34.0 Å². The van der Waals surface area contributed by atoms with Crippen LogP contribution < -0.4 is 0 Å². The SMILES string of the molecule is CCCCCCCCCCC1(O)c2ccsc2-c2sccc2C1(O)CCCCCCCCCC. The van der Waals surface area contributed by atoms with Crippen LogP contribution >= 0.6 is 22.7 Å². The summed E-state index contributed by atoms with van der Waals surface area (Å²) in [6.07, 6.45) is 21.2. The van der Waals surface area contributed by atoms with Gasteiger partial charge in [-0.1, -0.05) is 117 Å². The van der Waals surface area contributed by atoms with E-state index in [1.165, 1.54) is 86.8 Å². The third kappa shape index (κ3) is 6.55. The van der Waals surface area contributed by atoms with E-state index in [0.717, 1.165) is 36.8 Å². The zero-order chi connectivity index (χ0) is 24.3. The van der Waals surface area contributed by atoms with Gasteiger partial charge in [-0.25, -0.2) is 0 Å². The molecule has 0 saturated carbocycles. The summed E-state index contributed by atoms with van der Waals surface area (Å²) in [6, 6.07) is 4.15. The molecule has 2 aromatic heterocycles. The van der Waals surface area contributed by atoms with Crippen molar-refractivity contribution in [1.82, 2.24) is 0 Å². The van der Waals surface area contributed by atoms with Crippen molar-refractivity contribution in [2.24, 2.45) is 0 Å². The van der Waals surface area contributed by atoms with Gasteiger partial charge in [0.05, 0.1) is 9.75 Å². The van der Waals surface area contributed by atoms with Crippen molar-refractivity contribution in [3.8, 4) is 9.75 Å². The van der Waals surface area contributed by atoms with Crippen LogP contribution in [-0.4, -0.2) is 10.2 Å². The fourth-order valence-electron chi connectivity index (χ4n) is 5.78. The quantitative estimate of drug-likeness (QED) is 0.198. The van der Waals surface area contributed by atoms with E-state index in [2.05, 4.69) is 36.7 Å². The lowest BCUT2D eigenvalue weighted by molar-refractivity contribution is -0.176. The van der Waals surface area contributed by atoms with Gasteiger partial charge in [-0.3, -0.25) is 0 Å². The lowest BCUT2D eigenvalue weighted by atomic mass is 9.65. The van der Waals surface area contributed by atoms with Crippen LogP contribution in [0.1, 0.15) is 141 Å². The molecule has 0 spiro atoms. The molecular weight excluding hydrogens is 456 g/mol. The first-order chi connectivity index (χ1) is 16.6. The van der Waals surface area contributed by atoms with Gasteiger partial charge in [0.15, 0.2) is 0 Å². The summed E-state index contributed by atoms with van der Waals surface area (Å²) >= 11 is 3.42. The van der Waals surface area contributed by atoms with Crippen molar-refractivity contribution >= 4 is 22.7 Å². The maximum atomic E-state index is 12.2. The largest absolute Gasteiger partial charge is 0.382 e. The predicted molar refractivity (Wildman–Crippen MR) is 150 cm³/mol. The van der Waals surface area contributed by atoms with Gasteiger partial charge in [0.1, 0.15) is 11.2 Å². The van der Waals surface area contributed by atoms with E-state index in [-0.39, 0.29) is 0 Å². The maximum Gasteiger partial charge on any atom is 0.124 e. The molecule has 2 unspecified atom stereocenters. The molecular formula is C30H48O2S2. The molecule has 2 atom stereocenters. The zero-order valence-electron chi connectivity index (χ0n) is 21.7. The van der Waals surface area contributed by atoms with Gasteiger partial charge < -0.3 is 10.2 Å². The van der Waals surface area contributed by atoms with Crippen molar-refractivity contribution in [1.29, 1.82) is 0 Å². The van der Waals surface area contributed by atoms with Crippen molar-refractivity contribution < 1.29 is 10.2 Å². The fraction of sp³-hybridized carbons (Fsp3) is 0.733. The Morgan fingerprint density at radius 2 is 0.853 bits per heavy atom. The second-order valence-corrected chi connectivity index (χ2v) is 12.3. The second kappa shape index (κ2) is 14.2. The van der Waals surface area contributed by atoms with E-state index in [1.54, 1.807) is 22.7 Å². The fourth-order valence-corrected chi connectivity index (χ4v) is 7.91. The molecule has 2 heterocycles. The zero-order valence-corrected chi connectivity index (χ0v) is 23.4. The van der Waals surface area contributed by atoms with Gasteiger partial charge in [-0.15, -0.1) is 22.7 Å². The Hall–Kier alpha value is -0.680. The Labute approximate surface area is 216 Å². The first-order valence-corrected chi connectivity index (χ1v) is 16.0. The van der Waals surface area contributed by atoms with Crippen LogP contribution in [0.25, 0.3) is 9.75 Å². The monoisotopic (exact) mass is 504 g/mol. The van der Waals surface area contributed by atoms with Crippen molar-refractivity contribution in [2.45, 2.75) is 141 Å². The summed E-state index contributed by atoms with van der Waals surface area (Å²) in [4.78, 5) is 2.35. The Bertz CT molecular complexity index is 757. The number of aliphatic hydroxyl groups is 2. The smallest absolute Gasteiger partial charge is 0.124 e. The minimum atomic E-state index is -1.18. The average molecular weight is 505 g/mol. The molecule has 0 radical (unpaired) electrons. The minimum Gasteiger partial charge on any atom is -0.382 e. The number of fused-ring (bicyclic) bond motifs is 3. The second-order valence-electron chi connectivity index (χ2n) is 10.5. The number of hydrogen-bond donors (Lipinski definition) is 2. The third-order valence-corrected chi connectivity index (χ3v) is 9.89. The lowest BCUT2D eigenvalue weighted by Gasteiger charge is -2.47. The van der Waals surface area contributed by atoms with Gasteiger partial charge in [0.25, 0.3) is 0 Å². The molecule has 0 amide bonds. The van der Waals surface area contributed by atoms with E-state index < -0.39 is 11.2 Å². The molecule has 2 aromatic rings. The molecule has 3 rings (SSSR count). The average Bonchev–Trinajstić information content (AvgIpc) is 3.52. The number of hydrogen-bond acceptors (Lipinski definition) is 4. The highest BCUT2D eigenvalue weighted by molar-refractivity contribution is 7.20.